The van der Waals surface area contributed by atoms with E-state index in [0.717, 1.165) is 25.7 Å². The molecule has 1 fully saturated rings. The van der Waals surface area contributed by atoms with E-state index in [1.165, 1.54) is 0 Å². The standard InChI is InChI=1S/C7H16N2O3S/c1-2-8-13(10,11)9-12-7-5-3-4-6-7/h7-9H,2-6H2,1H3. The average Bonchev–Trinajstić information content (AvgIpc) is 2.52. The lowest BCUT2D eigenvalue weighted by molar-refractivity contribution is 0.0217. The molecule has 1 saturated carbocycles. The minimum absolute atomic E-state index is 0.0495. The van der Waals surface area contributed by atoms with E-state index in [1.807, 2.05) is 0 Å². The van der Waals surface area contributed by atoms with Gasteiger partial charge in [-0.1, -0.05) is 24.7 Å². The van der Waals surface area contributed by atoms with E-state index >= 15 is 0 Å². The zero-order valence-corrected chi connectivity index (χ0v) is 8.56. The largest absolute Gasteiger partial charge is 0.299 e. The van der Waals surface area contributed by atoms with Gasteiger partial charge in [0.05, 0.1) is 6.10 Å². The maximum Gasteiger partial charge on any atom is 0.299 e. The Morgan fingerprint density at radius 2 is 2.00 bits per heavy atom. The van der Waals surface area contributed by atoms with Gasteiger partial charge in [0.1, 0.15) is 0 Å². The Labute approximate surface area is 79.0 Å². The maximum absolute atomic E-state index is 11.0. The van der Waals surface area contributed by atoms with Crippen molar-refractivity contribution in [3.05, 3.63) is 0 Å². The van der Waals surface area contributed by atoms with Gasteiger partial charge in [-0.3, -0.25) is 4.84 Å². The van der Waals surface area contributed by atoms with Crippen molar-refractivity contribution in [2.24, 2.45) is 0 Å². The second-order valence-corrected chi connectivity index (χ2v) is 4.57. The summed E-state index contributed by atoms with van der Waals surface area (Å²) in [6.45, 7) is 2.08. The number of nitrogens with one attached hydrogen (secondary N) is 2. The zero-order valence-electron chi connectivity index (χ0n) is 7.75. The van der Waals surface area contributed by atoms with Crippen LogP contribution < -0.4 is 9.61 Å². The molecule has 0 heterocycles. The highest BCUT2D eigenvalue weighted by atomic mass is 32.2. The summed E-state index contributed by atoms with van der Waals surface area (Å²) >= 11 is 0. The van der Waals surface area contributed by atoms with Crippen molar-refractivity contribution in [2.45, 2.75) is 38.7 Å². The van der Waals surface area contributed by atoms with E-state index in [4.69, 9.17) is 4.84 Å². The molecule has 0 spiro atoms. The summed E-state index contributed by atoms with van der Waals surface area (Å²) < 4.78 is 24.4. The summed E-state index contributed by atoms with van der Waals surface area (Å²) in [5.41, 5.74) is 0. The van der Waals surface area contributed by atoms with Crippen molar-refractivity contribution in [3.8, 4) is 0 Å². The molecular formula is C7H16N2O3S. The van der Waals surface area contributed by atoms with Gasteiger partial charge < -0.3 is 0 Å². The molecule has 0 atom stereocenters. The van der Waals surface area contributed by atoms with Gasteiger partial charge >= 0.3 is 0 Å². The molecule has 78 valence electrons. The fourth-order valence-corrected chi connectivity index (χ4v) is 2.06. The lowest BCUT2D eigenvalue weighted by atomic mass is 10.3. The lowest BCUT2D eigenvalue weighted by Gasteiger charge is -2.11. The van der Waals surface area contributed by atoms with E-state index in [-0.39, 0.29) is 6.10 Å². The van der Waals surface area contributed by atoms with Gasteiger partial charge in [-0.2, -0.15) is 8.42 Å². The van der Waals surface area contributed by atoms with Crippen LogP contribution in [0.4, 0.5) is 0 Å². The lowest BCUT2D eigenvalue weighted by Crippen LogP contribution is -2.38. The Bertz CT molecular complexity index is 234. The highest BCUT2D eigenvalue weighted by Crippen LogP contribution is 2.19. The van der Waals surface area contributed by atoms with Crippen molar-refractivity contribution in [1.82, 2.24) is 9.61 Å². The highest BCUT2D eigenvalue weighted by molar-refractivity contribution is 7.87. The second-order valence-electron chi connectivity index (χ2n) is 3.11. The minimum Gasteiger partial charge on any atom is -0.283 e. The first kappa shape index (κ1) is 10.9. The SMILES string of the molecule is CCNS(=O)(=O)NOC1CCCC1. The highest BCUT2D eigenvalue weighted by Gasteiger charge is 2.18. The van der Waals surface area contributed by atoms with Crippen molar-refractivity contribution < 1.29 is 13.3 Å². The Morgan fingerprint density at radius 1 is 1.38 bits per heavy atom. The van der Waals surface area contributed by atoms with Gasteiger partial charge in [0.15, 0.2) is 0 Å². The monoisotopic (exact) mass is 208 g/mol. The molecule has 1 aliphatic carbocycles. The third-order valence-corrected chi connectivity index (χ3v) is 2.95. The Hall–Kier alpha value is -0.170. The van der Waals surface area contributed by atoms with Crippen LogP contribution in [0.1, 0.15) is 32.6 Å². The summed E-state index contributed by atoms with van der Waals surface area (Å²) in [7, 11) is -3.44. The first-order chi connectivity index (χ1) is 6.14. The van der Waals surface area contributed by atoms with Crippen molar-refractivity contribution in [1.29, 1.82) is 0 Å². The summed E-state index contributed by atoms with van der Waals surface area (Å²) in [5.74, 6) is 0. The zero-order chi connectivity index (χ0) is 9.73. The summed E-state index contributed by atoms with van der Waals surface area (Å²) in [4.78, 5) is 7.08. The summed E-state index contributed by atoms with van der Waals surface area (Å²) in [6, 6.07) is 0. The smallest absolute Gasteiger partial charge is 0.283 e. The molecule has 6 heteroatoms. The van der Waals surface area contributed by atoms with Gasteiger partial charge in [-0.25, -0.2) is 4.72 Å². The van der Waals surface area contributed by atoms with Crippen molar-refractivity contribution in [3.63, 3.8) is 0 Å². The number of hydrogen-bond donors (Lipinski definition) is 2. The molecule has 0 amide bonds. The van der Waals surface area contributed by atoms with Crippen molar-refractivity contribution >= 4 is 10.2 Å². The van der Waals surface area contributed by atoms with Crippen LogP contribution in [0, 0.1) is 0 Å². The molecular weight excluding hydrogens is 192 g/mol. The topological polar surface area (TPSA) is 67.4 Å². The molecule has 1 aliphatic rings. The van der Waals surface area contributed by atoms with Gasteiger partial charge in [0.2, 0.25) is 0 Å². The van der Waals surface area contributed by atoms with Gasteiger partial charge in [-0.15, -0.1) is 0 Å². The Kier molecular flexibility index (Phi) is 4.11. The fraction of sp³-hybridized carbons (Fsp3) is 1.00. The van der Waals surface area contributed by atoms with Crippen molar-refractivity contribution in [2.75, 3.05) is 6.54 Å². The molecule has 13 heavy (non-hydrogen) atoms. The number of rotatable bonds is 5. The van der Waals surface area contributed by atoms with Crippen LogP contribution in [-0.4, -0.2) is 21.1 Å². The summed E-state index contributed by atoms with van der Waals surface area (Å²) in [5, 5.41) is 0. The van der Waals surface area contributed by atoms with Crippen LogP contribution in [0.5, 0.6) is 0 Å². The average molecular weight is 208 g/mol. The first-order valence-electron chi connectivity index (χ1n) is 4.56. The quantitative estimate of drug-likeness (QED) is 0.639. The minimum atomic E-state index is -3.44. The molecule has 0 bridgehead atoms. The van der Waals surface area contributed by atoms with Crippen LogP contribution in [0.25, 0.3) is 0 Å². The molecule has 0 unspecified atom stereocenters. The normalized spacial score (nSPS) is 19.5. The summed E-state index contributed by atoms with van der Waals surface area (Å²) in [6.07, 6.45) is 4.17. The van der Waals surface area contributed by atoms with Gasteiger partial charge in [-0.05, 0) is 12.8 Å². The molecule has 2 N–H and O–H groups in total. The van der Waals surface area contributed by atoms with E-state index in [9.17, 15) is 8.42 Å². The van der Waals surface area contributed by atoms with E-state index in [1.54, 1.807) is 6.92 Å². The molecule has 0 saturated heterocycles. The molecule has 5 nitrogen and oxygen atoms in total. The molecule has 0 aliphatic heterocycles. The molecule has 0 aromatic carbocycles. The second kappa shape index (κ2) is 4.90. The van der Waals surface area contributed by atoms with Crippen LogP contribution in [0.15, 0.2) is 0 Å². The van der Waals surface area contributed by atoms with Crippen LogP contribution in [0.3, 0.4) is 0 Å². The first-order valence-corrected chi connectivity index (χ1v) is 6.04. The predicted molar refractivity (Wildman–Crippen MR) is 49.1 cm³/mol. The van der Waals surface area contributed by atoms with Crippen LogP contribution in [-0.2, 0) is 15.0 Å². The molecule has 0 radical (unpaired) electrons. The predicted octanol–water partition coefficient (Wildman–Crippen LogP) is 0.304. The van der Waals surface area contributed by atoms with E-state index in [0.29, 0.717) is 6.54 Å². The Morgan fingerprint density at radius 3 is 2.54 bits per heavy atom. The third kappa shape index (κ3) is 4.04. The fourth-order valence-electron chi connectivity index (χ4n) is 1.36. The Balaban J connectivity index is 2.24. The molecule has 0 aromatic heterocycles. The van der Waals surface area contributed by atoms with E-state index < -0.39 is 10.2 Å². The molecule has 1 rings (SSSR count). The van der Waals surface area contributed by atoms with Crippen LogP contribution in [0.2, 0.25) is 0 Å². The molecule has 0 aromatic rings. The van der Waals surface area contributed by atoms with Crippen LogP contribution >= 0.6 is 0 Å². The van der Waals surface area contributed by atoms with E-state index in [2.05, 4.69) is 9.61 Å². The van der Waals surface area contributed by atoms with Gasteiger partial charge in [0, 0.05) is 6.54 Å². The third-order valence-electron chi connectivity index (χ3n) is 1.96. The van der Waals surface area contributed by atoms with Gasteiger partial charge in [0.25, 0.3) is 10.2 Å². The maximum atomic E-state index is 11.0. The number of hydrogen-bond acceptors (Lipinski definition) is 3.